The van der Waals surface area contributed by atoms with Crippen LogP contribution in [0.25, 0.3) is 0 Å². The largest absolute Gasteiger partial charge is 0.418 e. The van der Waals surface area contributed by atoms with Gasteiger partial charge >= 0.3 is 6.18 Å². The molecule has 184 valence electrons. The van der Waals surface area contributed by atoms with Crippen molar-refractivity contribution in [2.24, 2.45) is 0 Å². The summed E-state index contributed by atoms with van der Waals surface area (Å²) in [6.07, 6.45) is -4.15. The fourth-order valence-corrected chi connectivity index (χ4v) is 3.72. The monoisotopic (exact) mass is 508 g/mol. The van der Waals surface area contributed by atoms with Crippen LogP contribution in [0.2, 0.25) is 0 Å². The molecule has 0 aromatic heterocycles. The number of halogens is 7. The highest BCUT2D eigenvalue weighted by molar-refractivity contribution is 7.80. The van der Waals surface area contributed by atoms with Crippen LogP contribution in [0, 0.1) is 23.3 Å². The van der Waals surface area contributed by atoms with Crippen molar-refractivity contribution >= 4 is 34.6 Å². The molecule has 0 spiro atoms. The van der Waals surface area contributed by atoms with E-state index in [2.05, 4.69) is 10.6 Å². The van der Waals surface area contributed by atoms with E-state index in [1.54, 1.807) is 4.90 Å². The molecular formula is C21H19F7N4OS. The topological polar surface area (TPSA) is 47.6 Å². The summed E-state index contributed by atoms with van der Waals surface area (Å²) < 4.78 is 93.6. The Morgan fingerprint density at radius 1 is 0.941 bits per heavy atom. The summed E-state index contributed by atoms with van der Waals surface area (Å²) >= 11 is 5.13. The van der Waals surface area contributed by atoms with Crippen molar-refractivity contribution in [3.8, 4) is 0 Å². The molecule has 1 heterocycles. The molecule has 2 aromatic carbocycles. The van der Waals surface area contributed by atoms with Gasteiger partial charge < -0.3 is 15.5 Å². The first-order valence-corrected chi connectivity index (χ1v) is 10.5. The third-order valence-corrected chi connectivity index (χ3v) is 5.46. The predicted molar refractivity (Wildman–Crippen MR) is 115 cm³/mol. The highest BCUT2D eigenvalue weighted by atomic mass is 32.1. The van der Waals surface area contributed by atoms with Gasteiger partial charge in [-0.25, -0.2) is 17.6 Å². The van der Waals surface area contributed by atoms with Gasteiger partial charge in [0.15, 0.2) is 28.4 Å². The Kier molecular flexibility index (Phi) is 7.97. The van der Waals surface area contributed by atoms with E-state index in [4.69, 9.17) is 12.2 Å². The van der Waals surface area contributed by atoms with E-state index in [0.29, 0.717) is 19.5 Å². The molecule has 1 aliphatic rings. The van der Waals surface area contributed by atoms with Crippen LogP contribution in [-0.4, -0.2) is 53.5 Å². The zero-order valence-corrected chi connectivity index (χ0v) is 18.3. The number of carbonyl (C=O) groups is 1. The molecule has 0 atom stereocenters. The van der Waals surface area contributed by atoms with E-state index in [-0.39, 0.29) is 36.5 Å². The number of amides is 1. The fraction of sp³-hybridized carbons (Fsp3) is 0.333. The lowest BCUT2D eigenvalue weighted by molar-refractivity contribution is -0.137. The first-order valence-electron chi connectivity index (χ1n) is 10.0. The summed E-state index contributed by atoms with van der Waals surface area (Å²) in [5.74, 6) is -7.25. The van der Waals surface area contributed by atoms with Crippen LogP contribution in [0.5, 0.6) is 0 Å². The van der Waals surface area contributed by atoms with Gasteiger partial charge in [-0.05, 0) is 30.8 Å². The molecule has 0 unspecified atom stereocenters. The average molecular weight is 508 g/mol. The maximum Gasteiger partial charge on any atom is 0.418 e. The van der Waals surface area contributed by atoms with Crippen molar-refractivity contribution in [3.63, 3.8) is 0 Å². The first-order chi connectivity index (χ1) is 16.0. The molecule has 1 saturated heterocycles. The number of thiocarbonyl (C=S) groups is 1. The number of hydrogen-bond acceptors (Lipinski definition) is 3. The van der Waals surface area contributed by atoms with Crippen molar-refractivity contribution in [3.05, 3.63) is 59.2 Å². The highest BCUT2D eigenvalue weighted by Crippen LogP contribution is 2.34. The number of alkyl halides is 3. The van der Waals surface area contributed by atoms with E-state index in [9.17, 15) is 35.5 Å². The molecule has 13 heteroatoms. The molecule has 0 aliphatic carbocycles. The molecule has 1 aliphatic heterocycles. The number of nitrogens with zero attached hydrogens (tertiary/aromatic N) is 2. The number of rotatable bonds is 4. The zero-order chi connectivity index (χ0) is 25.0. The lowest BCUT2D eigenvalue weighted by Crippen LogP contribution is -2.39. The third kappa shape index (κ3) is 6.14. The normalized spacial score (nSPS) is 15.1. The minimum absolute atomic E-state index is 0.130. The third-order valence-electron chi connectivity index (χ3n) is 5.10. The molecule has 0 radical (unpaired) electrons. The number of carbonyl (C=O) groups excluding carboxylic acids is 1. The van der Waals surface area contributed by atoms with Gasteiger partial charge in [0.1, 0.15) is 5.69 Å². The number of para-hydroxylation sites is 1. The van der Waals surface area contributed by atoms with Crippen molar-refractivity contribution in [2.45, 2.75) is 12.6 Å². The Morgan fingerprint density at radius 2 is 1.65 bits per heavy atom. The summed E-state index contributed by atoms with van der Waals surface area (Å²) in [6.45, 7) is 1.02. The Hall–Kier alpha value is -2.93. The first kappa shape index (κ1) is 25.7. The molecule has 1 fully saturated rings. The molecule has 3 rings (SSSR count). The summed E-state index contributed by atoms with van der Waals surface area (Å²) in [5.41, 5.74) is -2.23. The van der Waals surface area contributed by atoms with Crippen LogP contribution >= 0.6 is 12.2 Å². The van der Waals surface area contributed by atoms with Gasteiger partial charge in [0.05, 0.1) is 17.8 Å². The summed E-state index contributed by atoms with van der Waals surface area (Å²) in [5, 5.41) is 4.39. The van der Waals surface area contributed by atoms with Gasteiger partial charge in [-0.1, -0.05) is 12.1 Å². The molecular weight excluding hydrogens is 489 g/mol. The summed E-state index contributed by atoms with van der Waals surface area (Å²) in [4.78, 5) is 15.6. The lowest BCUT2D eigenvalue weighted by atomic mass is 10.1. The standard InChI is InChI=1S/C21H19F7N4OS/c22-13-10-14(23)19(18(25)17(13)24)30-20(34)32-7-3-6-31(8-9-32)11-16(33)29-15-5-2-1-4-12(15)21(26,27)28/h1-2,4-5,10H,3,6-9,11H2,(H,29,33)(H,30,34). The fourth-order valence-electron chi connectivity index (χ4n) is 3.43. The highest BCUT2D eigenvalue weighted by Gasteiger charge is 2.33. The van der Waals surface area contributed by atoms with Crippen LogP contribution in [0.1, 0.15) is 12.0 Å². The zero-order valence-electron chi connectivity index (χ0n) is 17.5. The molecule has 0 bridgehead atoms. The molecule has 5 nitrogen and oxygen atoms in total. The lowest BCUT2D eigenvalue weighted by Gasteiger charge is -2.25. The van der Waals surface area contributed by atoms with Crippen LogP contribution < -0.4 is 10.6 Å². The second-order valence-electron chi connectivity index (χ2n) is 7.48. The van der Waals surface area contributed by atoms with Gasteiger partial charge in [0.2, 0.25) is 5.91 Å². The van der Waals surface area contributed by atoms with E-state index in [0.717, 1.165) is 12.1 Å². The van der Waals surface area contributed by atoms with Gasteiger partial charge in [-0.2, -0.15) is 13.2 Å². The van der Waals surface area contributed by atoms with E-state index in [1.165, 1.54) is 17.0 Å². The summed E-state index contributed by atoms with van der Waals surface area (Å²) in [6, 6.07) is 4.82. The maximum absolute atomic E-state index is 13.9. The van der Waals surface area contributed by atoms with Crippen LogP contribution in [-0.2, 0) is 11.0 Å². The minimum Gasteiger partial charge on any atom is -0.348 e. The van der Waals surface area contributed by atoms with Crippen LogP contribution in [0.3, 0.4) is 0 Å². The maximum atomic E-state index is 13.9. The molecule has 1 amide bonds. The van der Waals surface area contributed by atoms with Crippen LogP contribution in [0.4, 0.5) is 42.1 Å². The average Bonchev–Trinajstić information content (AvgIpc) is 3.00. The smallest absolute Gasteiger partial charge is 0.348 e. The molecule has 34 heavy (non-hydrogen) atoms. The Bertz CT molecular complexity index is 1080. The number of hydrogen-bond donors (Lipinski definition) is 2. The quantitative estimate of drug-likeness (QED) is 0.274. The van der Waals surface area contributed by atoms with E-state index >= 15 is 0 Å². The van der Waals surface area contributed by atoms with Crippen molar-refractivity contribution in [1.82, 2.24) is 9.80 Å². The molecule has 0 saturated carbocycles. The van der Waals surface area contributed by atoms with Crippen LogP contribution in [0.15, 0.2) is 30.3 Å². The minimum atomic E-state index is -4.62. The summed E-state index contributed by atoms with van der Waals surface area (Å²) in [7, 11) is 0. The van der Waals surface area contributed by atoms with Crippen molar-refractivity contribution in [1.29, 1.82) is 0 Å². The second-order valence-corrected chi connectivity index (χ2v) is 7.87. The Balaban J connectivity index is 1.58. The van der Waals surface area contributed by atoms with Gasteiger partial charge in [0, 0.05) is 32.2 Å². The SMILES string of the molecule is O=C(CN1CCCN(C(=S)Nc2c(F)cc(F)c(F)c2F)CC1)Nc1ccccc1C(F)(F)F. The number of nitrogens with one attached hydrogen (secondary N) is 2. The van der Waals surface area contributed by atoms with Crippen molar-refractivity contribution in [2.75, 3.05) is 43.4 Å². The molecule has 2 aromatic rings. The predicted octanol–water partition coefficient (Wildman–Crippen LogP) is 4.61. The Morgan fingerprint density at radius 3 is 2.35 bits per heavy atom. The van der Waals surface area contributed by atoms with Crippen molar-refractivity contribution < 1.29 is 35.5 Å². The van der Waals surface area contributed by atoms with E-state index in [1.807, 2.05) is 0 Å². The Labute approximate surface area is 195 Å². The second kappa shape index (κ2) is 10.6. The van der Waals surface area contributed by atoms with Gasteiger partial charge in [-0.15, -0.1) is 0 Å². The van der Waals surface area contributed by atoms with Gasteiger partial charge in [-0.3, -0.25) is 9.69 Å². The van der Waals surface area contributed by atoms with Gasteiger partial charge in [0.25, 0.3) is 0 Å². The number of anilines is 2. The number of benzene rings is 2. The van der Waals surface area contributed by atoms with E-state index < -0.39 is 46.6 Å². The molecule has 2 N–H and O–H groups in total.